The number of hydrogen-bond donors (Lipinski definition) is 2. The van der Waals surface area contributed by atoms with Crippen molar-refractivity contribution in [3.8, 4) is 0 Å². The number of hydrogen-bond acceptors (Lipinski definition) is 6. The molecule has 0 aliphatic carbocycles. The molecule has 108 valence electrons. The molecule has 0 unspecified atom stereocenters. The van der Waals surface area contributed by atoms with Crippen molar-refractivity contribution in [2.24, 2.45) is 0 Å². The Morgan fingerprint density at radius 1 is 1.40 bits per heavy atom. The lowest BCUT2D eigenvalue weighted by atomic mass is 10.1. The second kappa shape index (κ2) is 6.51. The zero-order valence-corrected chi connectivity index (χ0v) is 12.9. The Kier molecular flexibility index (Phi) is 4.95. The Hall–Kier alpha value is -1.18. The molecule has 20 heavy (non-hydrogen) atoms. The number of thioether (sulfide) groups is 1. The van der Waals surface area contributed by atoms with Gasteiger partial charge in [0.1, 0.15) is 5.82 Å². The van der Waals surface area contributed by atoms with E-state index in [-0.39, 0.29) is 5.82 Å². The number of anilines is 2. The highest BCUT2D eigenvalue weighted by atomic mass is 32.2. The van der Waals surface area contributed by atoms with E-state index in [2.05, 4.69) is 15.5 Å². The van der Waals surface area contributed by atoms with Gasteiger partial charge in [-0.3, -0.25) is 0 Å². The van der Waals surface area contributed by atoms with Crippen LogP contribution in [0, 0.1) is 5.82 Å². The van der Waals surface area contributed by atoms with E-state index >= 15 is 0 Å². The fraction of sp³-hybridized carbons (Fsp3) is 0.385. The first kappa shape index (κ1) is 15.2. The summed E-state index contributed by atoms with van der Waals surface area (Å²) in [4.78, 5) is 0. The lowest BCUT2D eigenvalue weighted by molar-refractivity contribution is 0.0777. The largest absolute Gasteiger partial charge is 0.390 e. The first-order chi connectivity index (χ1) is 9.42. The molecule has 1 aromatic carbocycles. The van der Waals surface area contributed by atoms with Crippen LogP contribution >= 0.6 is 23.1 Å². The van der Waals surface area contributed by atoms with Gasteiger partial charge in [-0.2, -0.15) is 0 Å². The second-order valence-corrected chi connectivity index (χ2v) is 7.24. The van der Waals surface area contributed by atoms with Crippen molar-refractivity contribution < 1.29 is 9.50 Å². The van der Waals surface area contributed by atoms with Gasteiger partial charge in [-0.15, -0.1) is 10.2 Å². The molecule has 0 aliphatic rings. The first-order valence-corrected chi connectivity index (χ1v) is 7.94. The van der Waals surface area contributed by atoms with Crippen molar-refractivity contribution in [3.63, 3.8) is 0 Å². The molecule has 1 aromatic heterocycles. The molecule has 0 bridgehead atoms. The van der Waals surface area contributed by atoms with Crippen LogP contribution in [0.5, 0.6) is 0 Å². The van der Waals surface area contributed by atoms with E-state index in [1.54, 1.807) is 37.7 Å². The molecule has 0 spiro atoms. The van der Waals surface area contributed by atoms with E-state index in [4.69, 9.17) is 0 Å². The van der Waals surface area contributed by atoms with Crippen molar-refractivity contribution in [1.82, 2.24) is 10.2 Å². The van der Waals surface area contributed by atoms with Crippen molar-refractivity contribution in [2.45, 2.75) is 30.2 Å². The summed E-state index contributed by atoms with van der Waals surface area (Å²) in [5.41, 5.74) is -0.0189. The summed E-state index contributed by atoms with van der Waals surface area (Å²) >= 11 is 2.96. The molecule has 0 fully saturated rings. The molecule has 2 aromatic rings. The number of aliphatic hydroxyl groups is 1. The average molecular weight is 313 g/mol. The Bertz CT molecular complexity index is 569. The number of halogens is 1. The summed E-state index contributed by atoms with van der Waals surface area (Å²) in [6, 6.07) is 6.20. The summed E-state index contributed by atoms with van der Waals surface area (Å²) in [5, 5.41) is 21.3. The molecular weight excluding hydrogens is 297 g/mol. The van der Waals surface area contributed by atoms with Crippen LogP contribution in [0.2, 0.25) is 0 Å². The van der Waals surface area contributed by atoms with Gasteiger partial charge in [-0.25, -0.2) is 4.39 Å². The topological polar surface area (TPSA) is 58.0 Å². The molecule has 0 radical (unpaired) electrons. The summed E-state index contributed by atoms with van der Waals surface area (Å²) in [7, 11) is 0. The van der Waals surface area contributed by atoms with Gasteiger partial charge in [-0.05, 0) is 38.5 Å². The summed E-state index contributed by atoms with van der Waals surface area (Å²) in [5.74, 6) is 0.484. The molecule has 0 amide bonds. The van der Waals surface area contributed by atoms with Gasteiger partial charge < -0.3 is 10.4 Å². The molecule has 2 N–H and O–H groups in total. The minimum absolute atomic E-state index is 0.292. The van der Waals surface area contributed by atoms with Crippen LogP contribution in [0.1, 0.15) is 20.3 Å². The van der Waals surface area contributed by atoms with Gasteiger partial charge in [0.05, 0.1) is 5.60 Å². The van der Waals surface area contributed by atoms with Crippen molar-refractivity contribution in [1.29, 1.82) is 0 Å². The molecule has 0 saturated heterocycles. The van der Waals surface area contributed by atoms with Crippen molar-refractivity contribution >= 4 is 33.9 Å². The maximum Gasteiger partial charge on any atom is 0.210 e. The number of rotatable bonds is 6. The van der Waals surface area contributed by atoms with Gasteiger partial charge in [0, 0.05) is 11.4 Å². The molecule has 4 nitrogen and oxygen atoms in total. The minimum Gasteiger partial charge on any atom is -0.390 e. The van der Waals surface area contributed by atoms with E-state index in [0.29, 0.717) is 17.2 Å². The van der Waals surface area contributed by atoms with Gasteiger partial charge >= 0.3 is 0 Å². The predicted molar refractivity (Wildman–Crippen MR) is 81.2 cm³/mol. The lowest BCUT2D eigenvalue weighted by Crippen LogP contribution is -2.18. The Balaban J connectivity index is 1.89. The zero-order valence-electron chi connectivity index (χ0n) is 11.3. The Morgan fingerprint density at radius 3 is 2.90 bits per heavy atom. The Labute approximate surface area is 125 Å². The third-order valence-electron chi connectivity index (χ3n) is 2.42. The molecular formula is C13H16FN3OS2. The molecule has 0 aliphatic heterocycles. The van der Waals surface area contributed by atoms with E-state index in [1.165, 1.54) is 23.5 Å². The number of nitrogens with one attached hydrogen (secondary N) is 1. The Morgan fingerprint density at radius 2 is 2.20 bits per heavy atom. The summed E-state index contributed by atoms with van der Waals surface area (Å²) in [6.45, 7) is 3.56. The van der Waals surface area contributed by atoms with Gasteiger partial charge in [-0.1, -0.05) is 29.2 Å². The van der Waals surface area contributed by atoms with Crippen LogP contribution in [0.15, 0.2) is 28.6 Å². The van der Waals surface area contributed by atoms with Crippen LogP contribution < -0.4 is 5.32 Å². The molecule has 7 heteroatoms. The van der Waals surface area contributed by atoms with E-state index in [9.17, 15) is 9.50 Å². The van der Waals surface area contributed by atoms with Gasteiger partial charge in [0.2, 0.25) is 5.13 Å². The molecule has 0 atom stereocenters. The van der Waals surface area contributed by atoms with Crippen molar-refractivity contribution in [2.75, 3.05) is 11.1 Å². The maximum atomic E-state index is 13.1. The summed E-state index contributed by atoms with van der Waals surface area (Å²) in [6.07, 6.45) is 0.684. The number of aromatic nitrogens is 2. The third kappa shape index (κ3) is 5.07. The average Bonchev–Trinajstić information content (AvgIpc) is 2.75. The molecule has 2 rings (SSSR count). The first-order valence-electron chi connectivity index (χ1n) is 6.14. The van der Waals surface area contributed by atoms with Crippen LogP contribution in [-0.4, -0.2) is 26.7 Å². The lowest BCUT2D eigenvalue weighted by Gasteiger charge is -2.15. The number of benzene rings is 1. The zero-order chi connectivity index (χ0) is 14.6. The van der Waals surface area contributed by atoms with Crippen LogP contribution in [-0.2, 0) is 0 Å². The molecule has 1 heterocycles. The highest BCUT2D eigenvalue weighted by molar-refractivity contribution is 8.01. The SMILES string of the molecule is CC(C)(O)CCSc1nnc(Nc2cccc(F)c2)s1. The van der Waals surface area contributed by atoms with E-state index in [1.807, 2.05) is 0 Å². The second-order valence-electron chi connectivity index (χ2n) is 4.92. The van der Waals surface area contributed by atoms with Crippen molar-refractivity contribution in [3.05, 3.63) is 30.1 Å². The van der Waals surface area contributed by atoms with E-state index in [0.717, 1.165) is 10.1 Å². The smallest absolute Gasteiger partial charge is 0.210 e. The van der Waals surface area contributed by atoms with E-state index < -0.39 is 5.60 Å². The number of nitrogens with zero attached hydrogens (tertiary/aromatic N) is 2. The standard InChI is InChI=1S/C13H16FN3OS2/c1-13(2,18)6-7-19-12-17-16-11(20-12)15-10-5-3-4-9(14)8-10/h3-5,8,18H,6-7H2,1-2H3,(H,15,16). The fourth-order valence-corrected chi connectivity index (χ4v) is 3.49. The van der Waals surface area contributed by atoms with Gasteiger partial charge in [0.15, 0.2) is 4.34 Å². The van der Waals surface area contributed by atoms with Crippen LogP contribution in [0.25, 0.3) is 0 Å². The highest BCUT2D eigenvalue weighted by Gasteiger charge is 2.13. The summed E-state index contributed by atoms with van der Waals surface area (Å²) < 4.78 is 13.9. The molecule has 0 saturated carbocycles. The van der Waals surface area contributed by atoms with Gasteiger partial charge in [0.25, 0.3) is 0 Å². The quantitative estimate of drug-likeness (QED) is 0.797. The highest BCUT2D eigenvalue weighted by Crippen LogP contribution is 2.29. The van der Waals surface area contributed by atoms with Crippen LogP contribution in [0.4, 0.5) is 15.2 Å². The normalized spacial score (nSPS) is 11.6. The third-order valence-corrected chi connectivity index (χ3v) is 4.40. The fourth-order valence-electron chi connectivity index (χ4n) is 1.40. The monoisotopic (exact) mass is 313 g/mol. The minimum atomic E-state index is -0.666. The van der Waals surface area contributed by atoms with Crippen LogP contribution in [0.3, 0.4) is 0 Å². The maximum absolute atomic E-state index is 13.1. The predicted octanol–water partition coefficient (Wildman–Crippen LogP) is 3.67.